The molecule has 2 aromatic heterocycles. The molecule has 5 heteroatoms. The normalized spacial score (nSPS) is 13.0. The summed E-state index contributed by atoms with van der Waals surface area (Å²) < 4.78 is 3.89. The first-order valence-corrected chi connectivity index (χ1v) is 6.04. The number of nitrogens with zero attached hydrogens (tertiary/aromatic N) is 2. The van der Waals surface area contributed by atoms with Crippen molar-refractivity contribution in [3.05, 3.63) is 33.0 Å². The highest BCUT2D eigenvalue weighted by Gasteiger charge is 2.13. The highest BCUT2D eigenvalue weighted by molar-refractivity contribution is 7.08. The predicted octanol–water partition coefficient (Wildman–Crippen LogP) is 2.15. The molecule has 0 bridgehead atoms. The molecule has 0 aliphatic rings. The molecule has 0 fully saturated rings. The maximum absolute atomic E-state index is 6.07. The van der Waals surface area contributed by atoms with E-state index >= 15 is 0 Å². The Kier molecular flexibility index (Phi) is 2.90. The average Bonchev–Trinajstić information content (AvgIpc) is 2.75. The molecule has 0 spiro atoms. The first kappa shape index (κ1) is 9.76. The fraction of sp³-hybridized carbons (Fsp3) is 0.333. The van der Waals surface area contributed by atoms with Crippen LogP contribution in [0.4, 0.5) is 0 Å². The van der Waals surface area contributed by atoms with Gasteiger partial charge in [0.1, 0.15) is 0 Å². The quantitative estimate of drug-likeness (QED) is 0.870. The molecule has 0 aliphatic heterocycles. The molecule has 1 unspecified atom stereocenters. The van der Waals surface area contributed by atoms with Crippen LogP contribution in [-0.4, -0.2) is 9.59 Å². The van der Waals surface area contributed by atoms with E-state index in [0.29, 0.717) is 0 Å². The Balaban J connectivity index is 2.10. The summed E-state index contributed by atoms with van der Waals surface area (Å²) >= 11 is 3.10. The van der Waals surface area contributed by atoms with Crippen molar-refractivity contribution in [1.82, 2.24) is 9.59 Å². The zero-order valence-electron chi connectivity index (χ0n) is 7.80. The molecule has 0 aliphatic carbocycles. The molecule has 2 rings (SSSR count). The maximum Gasteiger partial charge on any atom is 0.0772 e. The molecule has 0 saturated heterocycles. The summed E-state index contributed by atoms with van der Waals surface area (Å²) in [5, 5.41) is 8.16. The largest absolute Gasteiger partial charge is 0.323 e. The molecule has 2 heterocycles. The molecular weight excluding hydrogens is 214 g/mol. The fourth-order valence-electron chi connectivity index (χ4n) is 1.33. The summed E-state index contributed by atoms with van der Waals surface area (Å²) in [5.41, 5.74) is 8.31. The highest BCUT2D eigenvalue weighted by Crippen LogP contribution is 2.22. The Morgan fingerprint density at radius 1 is 1.57 bits per heavy atom. The van der Waals surface area contributed by atoms with Gasteiger partial charge in [0.2, 0.25) is 0 Å². The Morgan fingerprint density at radius 3 is 3.00 bits per heavy atom. The summed E-state index contributed by atoms with van der Waals surface area (Å²) in [4.78, 5) is 1.09. The van der Waals surface area contributed by atoms with Crippen molar-refractivity contribution in [3.63, 3.8) is 0 Å². The lowest BCUT2D eigenvalue weighted by molar-refractivity contribution is 0.730. The summed E-state index contributed by atoms with van der Waals surface area (Å²) in [6.07, 6.45) is 0.869. The van der Waals surface area contributed by atoms with Crippen molar-refractivity contribution >= 4 is 22.9 Å². The highest BCUT2D eigenvalue weighted by atomic mass is 32.1. The molecule has 0 radical (unpaired) electrons. The minimum atomic E-state index is 0.0320. The van der Waals surface area contributed by atoms with Gasteiger partial charge < -0.3 is 5.73 Å². The Hall–Kier alpha value is -0.780. The summed E-state index contributed by atoms with van der Waals surface area (Å²) in [7, 11) is 0. The van der Waals surface area contributed by atoms with E-state index in [0.717, 1.165) is 17.0 Å². The molecule has 0 amide bonds. The van der Waals surface area contributed by atoms with Crippen LogP contribution in [0.15, 0.2) is 16.8 Å². The zero-order chi connectivity index (χ0) is 9.97. The fourth-order valence-corrected chi connectivity index (χ4v) is 2.66. The van der Waals surface area contributed by atoms with Gasteiger partial charge >= 0.3 is 0 Å². The Bertz CT molecular complexity index is 394. The van der Waals surface area contributed by atoms with E-state index in [-0.39, 0.29) is 6.04 Å². The van der Waals surface area contributed by atoms with Crippen LogP contribution in [0.3, 0.4) is 0 Å². The molecule has 0 saturated carbocycles. The van der Waals surface area contributed by atoms with Crippen molar-refractivity contribution in [3.8, 4) is 0 Å². The van der Waals surface area contributed by atoms with Crippen molar-refractivity contribution in [2.75, 3.05) is 0 Å². The summed E-state index contributed by atoms with van der Waals surface area (Å²) in [6, 6.07) is 2.14. The van der Waals surface area contributed by atoms with E-state index in [1.165, 1.54) is 17.1 Å². The minimum absolute atomic E-state index is 0.0320. The SMILES string of the molecule is Cc1nnsc1C(N)Cc1ccsc1. The van der Waals surface area contributed by atoms with Gasteiger partial charge in [0.15, 0.2) is 0 Å². The summed E-state index contributed by atoms with van der Waals surface area (Å²) in [5.74, 6) is 0. The van der Waals surface area contributed by atoms with Gasteiger partial charge in [-0.1, -0.05) is 4.49 Å². The van der Waals surface area contributed by atoms with Crippen LogP contribution in [0.25, 0.3) is 0 Å². The van der Waals surface area contributed by atoms with E-state index in [1.807, 2.05) is 6.92 Å². The van der Waals surface area contributed by atoms with E-state index in [1.54, 1.807) is 11.3 Å². The van der Waals surface area contributed by atoms with Gasteiger partial charge in [-0.3, -0.25) is 0 Å². The van der Waals surface area contributed by atoms with E-state index < -0.39 is 0 Å². The van der Waals surface area contributed by atoms with Gasteiger partial charge in [0.25, 0.3) is 0 Å². The van der Waals surface area contributed by atoms with Crippen LogP contribution in [0, 0.1) is 6.92 Å². The third kappa shape index (κ3) is 2.00. The van der Waals surface area contributed by atoms with Gasteiger partial charge in [0, 0.05) is 6.04 Å². The van der Waals surface area contributed by atoms with Gasteiger partial charge in [-0.05, 0) is 47.3 Å². The standard InChI is InChI=1S/C9H11N3S2/c1-6-9(14-12-11-6)8(10)4-7-2-3-13-5-7/h2-3,5,8H,4,10H2,1H3. The Labute approximate surface area is 90.8 Å². The van der Waals surface area contributed by atoms with E-state index in [2.05, 4.69) is 26.4 Å². The molecule has 2 aromatic rings. The topological polar surface area (TPSA) is 51.8 Å². The second-order valence-corrected chi connectivity index (χ2v) is 4.73. The Morgan fingerprint density at radius 2 is 2.43 bits per heavy atom. The first-order chi connectivity index (χ1) is 6.77. The number of hydrogen-bond acceptors (Lipinski definition) is 5. The minimum Gasteiger partial charge on any atom is -0.323 e. The predicted molar refractivity (Wildman–Crippen MR) is 59.6 cm³/mol. The van der Waals surface area contributed by atoms with Crippen LogP contribution in [0.5, 0.6) is 0 Å². The molecule has 3 nitrogen and oxygen atoms in total. The summed E-state index contributed by atoms with van der Waals surface area (Å²) in [6.45, 7) is 1.95. The maximum atomic E-state index is 6.07. The van der Waals surface area contributed by atoms with E-state index in [4.69, 9.17) is 5.73 Å². The van der Waals surface area contributed by atoms with Crippen LogP contribution in [-0.2, 0) is 6.42 Å². The van der Waals surface area contributed by atoms with Gasteiger partial charge in [-0.15, -0.1) is 5.10 Å². The van der Waals surface area contributed by atoms with Gasteiger partial charge in [0.05, 0.1) is 10.6 Å². The van der Waals surface area contributed by atoms with E-state index in [9.17, 15) is 0 Å². The van der Waals surface area contributed by atoms with Gasteiger partial charge in [-0.25, -0.2) is 0 Å². The number of aryl methyl sites for hydroxylation is 1. The number of hydrogen-bond donors (Lipinski definition) is 1. The number of thiophene rings is 1. The first-order valence-electron chi connectivity index (χ1n) is 4.33. The number of nitrogens with two attached hydrogens (primary N) is 1. The number of rotatable bonds is 3. The smallest absolute Gasteiger partial charge is 0.0772 e. The van der Waals surface area contributed by atoms with Gasteiger partial charge in [-0.2, -0.15) is 11.3 Å². The van der Waals surface area contributed by atoms with Crippen molar-refractivity contribution in [1.29, 1.82) is 0 Å². The molecule has 0 aromatic carbocycles. The second-order valence-electron chi connectivity index (χ2n) is 3.16. The third-order valence-corrected chi connectivity index (χ3v) is 3.75. The lowest BCUT2D eigenvalue weighted by Gasteiger charge is -2.07. The van der Waals surface area contributed by atoms with Crippen molar-refractivity contribution in [2.45, 2.75) is 19.4 Å². The number of aromatic nitrogens is 2. The van der Waals surface area contributed by atoms with Crippen LogP contribution < -0.4 is 5.73 Å². The zero-order valence-corrected chi connectivity index (χ0v) is 9.44. The molecule has 1 atom stereocenters. The van der Waals surface area contributed by atoms with Crippen molar-refractivity contribution in [2.24, 2.45) is 5.73 Å². The lowest BCUT2D eigenvalue weighted by Crippen LogP contribution is -2.12. The average molecular weight is 225 g/mol. The molecular formula is C9H11N3S2. The van der Waals surface area contributed by atoms with Crippen molar-refractivity contribution < 1.29 is 0 Å². The monoisotopic (exact) mass is 225 g/mol. The second kappa shape index (κ2) is 4.16. The van der Waals surface area contributed by atoms with Crippen LogP contribution in [0.2, 0.25) is 0 Å². The molecule has 14 heavy (non-hydrogen) atoms. The molecule has 74 valence electrons. The third-order valence-electron chi connectivity index (χ3n) is 2.06. The van der Waals surface area contributed by atoms with Crippen LogP contribution in [0.1, 0.15) is 22.2 Å². The lowest BCUT2D eigenvalue weighted by atomic mass is 10.1. The molecule has 2 N–H and O–H groups in total. The van der Waals surface area contributed by atoms with Crippen LogP contribution >= 0.6 is 22.9 Å².